The molecule has 2 aromatic heterocycles. The summed E-state index contributed by atoms with van der Waals surface area (Å²) in [6, 6.07) is 38.5. The average molecular weight is 574 g/mol. The molecule has 4 heteroatoms. The molecule has 0 spiro atoms. The van der Waals surface area contributed by atoms with Gasteiger partial charge in [0, 0.05) is 44.0 Å². The quantitative estimate of drug-likeness (QED) is 0.185. The minimum atomic E-state index is 0.107. The van der Waals surface area contributed by atoms with E-state index in [2.05, 4.69) is 122 Å². The molecule has 4 heterocycles. The Morgan fingerprint density at radius 3 is 1.60 bits per heavy atom. The highest BCUT2D eigenvalue weighted by Crippen LogP contribution is 2.41. The Balaban J connectivity index is 1.47. The van der Waals surface area contributed by atoms with Gasteiger partial charge < -0.3 is 9.13 Å². The maximum Gasteiger partial charge on any atom is 0.252 e. The molecule has 0 fully saturated rings. The van der Waals surface area contributed by atoms with Crippen molar-refractivity contribution in [1.29, 1.82) is 5.26 Å². The Kier molecular flexibility index (Phi) is 4.61. The van der Waals surface area contributed by atoms with Gasteiger partial charge in [0.05, 0.1) is 22.7 Å². The van der Waals surface area contributed by atoms with E-state index in [1.54, 1.807) is 0 Å². The van der Waals surface area contributed by atoms with Crippen LogP contribution in [0.2, 0.25) is 0 Å². The topological polar surface area (TPSA) is 33.6 Å². The monoisotopic (exact) mass is 573 g/mol. The second-order valence-corrected chi connectivity index (χ2v) is 13.3. The molecule has 0 radical (unpaired) electrons. The number of nitriles is 1. The van der Waals surface area contributed by atoms with Gasteiger partial charge in [-0.2, -0.15) is 5.26 Å². The van der Waals surface area contributed by atoms with Crippen molar-refractivity contribution >= 4 is 66.7 Å². The summed E-state index contributed by atoms with van der Waals surface area (Å²) in [4.78, 5) is 0. The van der Waals surface area contributed by atoms with Crippen molar-refractivity contribution in [3.05, 3.63) is 125 Å². The Morgan fingerprint density at radius 2 is 1.07 bits per heavy atom. The van der Waals surface area contributed by atoms with Crippen LogP contribution in [-0.4, -0.2) is 15.8 Å². The third-order valence-corrected chi connectivity index (χ3v) is 10.2. The lowest BCUT2D eigenvalue weighted by molar-refractivity contribution is 1.14. The van der Waals surface area contributed by atoms with E-state index in [4.69, 9.17) is 0 Å². The number of benzene rings is 6. The molecule has 0 saturated carbocycles. The van der Waals surface area contributed by atoms with Crippen LogP contribution in [0.3, 0.4) is 0 Å². The number of nitrogens with zero attached hydrogens (tertiary/aromatic N) is 3. The van der Waals surface area contributed by atoms with Gasteiger partial charge in [-0.1, -0.05) is 58.7 Å². The van der Waals surface area contributed by atoms with Crippen molar-refractivity contribution in [2.45, 2.75) is 27.7 Å². The minimum absolute atomic E-state index is 0.107. The maximum absolute atomic E-state index is 9.78. The molecule has 0 unspecified atom stereocenters. The van der Waals surface area contributed by atoms with Gasteiger partial charge in [-0.15, -0.1) is 0 Å². The lowest BCUT2D eigenvalue weighted by atomic mass is 9.34. The zero-order chi connectivity index (χ0) is 30.3. The van der Waals surface area contributed by atoms with Gasteiger partial charge in [0.15, 0.2) is 0 Å². The van der Waals surface area contributed by atoms with Crippen molar-refractivity contribution in [3.63, 3.8) is 0 Å². The van der Waals surface area contributed by atoms with E-state index < -0.39 is 0 Å². The van der Waals surface area contributed by atoms with Gasteiger partial charge in [0.25, 0.3) is 6.71 Å². The van der Waals surface area contributed by atoms with Crippen LogP contribution >= 0.6 is 0 Å². The number of aromatic nitrogens is 2. The fourth-order valence-electron chi connectivity index (χ4n) is 8.53. The largest absolute Gasteiger partial charge is 0.310 e. The molecule has 0 amide bonds. The zero-order valence-electron chi connectivity index (χ0n) is 25.7. The van der Waals surface area contributed by atoms with Gasteiger partial charge in [-0.05, 0) is 116 Å². The third kappa shape index (κ3) is 3.10. The van der Waals surface area contributed by atoms with Crippen molar-refractivity contribution in [2.75, 3.05) is 0 Å². The average Bonchev–Trinajstić information content (AvgIpc) is 3.53. The normalized spacial score (nSPS) is 12.8. The number of aryl methyl sites for hydroxylation is 4. The molecule has 0 aliphatic carbocycles. The van der Waals surface area contributed by atoms with Crippen LogP contribution in [-0.2, 0) is 0 Å². The third-order valence-electron chi connectivity index (χ3n) is 10.2. The van der Waals surface area contributed by atoms with Crippen LogP contribution in [0.25, 0.3) is 66.1 Å². The summed E-state index contributed by atoms with van der Waals surface area (Å²) in [6.07, 6.45) is 0. The van der Waals surface area contributed by atoms with Gasteiger partial charge in [-0.3, -0.25) is 0 Å². The molecule has 3 nitrogen and oxygen atoms in total. The van der Waals surface area contributed by atoms with Gasteiger partial charge in [0.1, 0.15) is 0 Å². The molecular formula is C41H28BN3. The predicted octanol–water partition coefficient (Wildman–Crippen LogP) is 7.80. The predicted molar refractivity (Wildman–Crippen MR) is 189 cm³/mol. The molecular weight excluding hydrogens is 545 g/mol. The first-order valence-electron chi connectivity index (χ1n) is 15.7. The highest BCUT2D eigenvalue weighted by atomic mass is 15.0. The first-order chi connectivity index (χ1) is 21.9. The van der Waals surface area contributed by atoms with E-state index in [0.717, 1.165) is 11.1 Å². The highest BCUT2D eigenvalue weighted by Gasteiger charge is 2.41. The maximum atomic E-state index is 9.78. The fourth-order valence-corrected chi connectivity index (χ4v) is 8.53. The SMILES string of the molecule is Cc1ccc2c(c1)c1cc(C)cc3c1n2-c1cc(-c2cccc(C#N)c2)cc2c1B3c1cc(C)cc3c4cc(C)ccc4n-2c13. The van der Waals surface area contributed by atoms with E-state index in [1.165, 1.54) is 93.6 Å². The standard InChI is InChI=1S/C41H28BN3/c1-22-8-10-35-29(12-22)31-14-24(3)16-33-40(31)44(35)37-19-28(27-7-5-6-26(18-27)21-43)20-38-39(37)42(33)34-17-25(4)15-32-30-13-23(2)9-11-36(30)45(38)41(32)34/h5-20H,1-4H3. The minimum Gasteiger partial charge on any atom is -0.310 e. The van der Waals surface area contributed by atoms with Crippen LogP contribution in [0.4, 0.5) is 0 Å². The van der Waals surface area contributed by atoms with Crippen molar-refractivity contribution in [3.8, 4) is 28.6 Å². The van der Waals surface area contributed by atoms with Crippen LogP contribution in [0, 0.1) is 39.0 Å². The lowest BCUT2D eigenvalue weighted by Crippen LogP contribution is -2.59. The molecule has 2 aliphatic heterocycles. The van der Waals surface area contributed by atoms with Crippen LogP contribution in [0.5, 0.6) is 0 Å². The lowest BCUT2D eigenvalue weighted by Gasteiger charge is -2.34. The first-order valence-corrected chi connectivity index (χ1v) is 15.7. The van der Waals surface area contributed by atoms with E-state index in [9.17, 15) is 5.26 Å². The van der Waals surface area contributed by atoms with E-state index in [-0.39, 0.29) is 6.71 Å². The van der Waals surface area contributed by atoms with Gasteiger partial charge >= 0.3 is 0 Å². The summed E-state index contributed by atoms with van der Waals surface area (Å²) in [6.45, 7) is 8.96. The Labute approximate surface area is 261 Å². The van der Waals surface area contributed by atoms with Crippen molar-refractivity contribution in [2.24, 2.45) is 0 Å². The highest BCUT2D eigenvalue weighted by molar-refractivity contribution is 7.00. The summed E-state index contributed by atoms with van der Waals surface area (Å²) in [5.41, 5.74) is 19.6. The molecule has 0 N–H and O–H groups in total. The molecule has 45 heavy (non-hydrogen) atoms. The molecule has 6 aromatic carbocycles. The number of hydrogen-bond donors (Lipinski definition) is 0. The second-order valence-electron chi connectivity index (χ2n) is 13.3. The molecule has 0 bridgehead atoms. The fraction of sp³-hybridized carbons (Fsp3) is 0.0976. The molecule has 0 saturated heterocycles. The Hall–Kier alpha value is -5.53. The van der Waals surface area contributed by atoms with Crippen LogP contribution in [0.15, 0.2) is 97.1 Å². The zero-order valence-corrected chi connectivity index (χ0v) is 25.7. The second kappa shape index (κ2) is 8.34. The smallest absolute Gasteiger partial charge is 0.252 e. The summed E-state index contributed by atoms with van der Waals surface area (Å²) in [5.74, 6) is 0. The van der Waals surface area contributed by atoms with E-state index in [0.29, 0.717) is 5.56 Å². The molecule has 2 aliphatic rings. The van der Waals surface area contributed by atoms with Crippen LogP contribution in [0.1, 0.15) is 27.8 Å². The van der Waals surface area contributed by atoms with E-state index >= 15 is 0 Å². The first kappa shape index (κ1) is 24.9. The van der Waals surface area contributed by atoms with Crippen LogP contribution < -0.4 is 16.4 Å². The Morgan fingerprint density at radius 1 is 0.533 bits per heavy atom. The number of hydrogen-bond acceptors (Lipinski definition) is 1. The number of fused-ring (bicyclic) bond motifs is 10. The molecule has 10 rings (SSSR count). The van der Waals surface area contributed by atoms with Crippen molar-refractivity contribution in [1.82, 2.24) is 9.13 Å². The van der Waals surface area contributed by atoms with Crippen molar-refractivity contribution < 1.29 is 0 Å². The summed E-state index contributed by atoms with van der Waals surface area (Å²) >= 11 is 0. The summed E-state index contributed by atoms with van der Waals surface area (Å²) in [5, 5.41) is 15.0. The molecule has 210 valence electrons. The molecule has 0 atom stereocenters. The summed E-state index contributed by atoms with van der Waals surface area (Å²) < 4.78 is 5.05. The molecule has 8 aromatic rings. The number of rotatable bonds is 1. The van der Waals surface area contributed by atoms with E-state index in [1.807, 2.05) is 18.2 Å². The van der Waals surface area contributed by atoms with Gasteiger partial charge in [-0.25, -0.2) is 0 Å². The summed E-state index contributed by atoms with van der Waals surface area (Å²) in [7, 11) is 0. The Bertz CT molecular complexity index is 2560. The van der Waals surface area contributed by atoms with Gasteiger partial charge in [0.2, 0.25) is 0 Å².